The summed E-state index contributed by atoms with van der Waals surface area (Å²) in [6, 6.07) is 16.4. The Hall–Kier alpha value is -3.65. The summed E-state index contributed by atoms with van der Waals surface area (Å²) in [6.45, 7) is 5.05. The van der Waals surface area contributed by atoms with Crippen LogP contribution >= 0.6 is 0 Å². The van der Waals surface area contributed by atoms with Crippen LogP contribution < -0.4 is 4.74 Å². The molecule has 0 N–H and O–H groups in total. The number of likely N-dealkylation sites (tertiary alicyclic amines) is 1. The van der Waals surface area contributed by atoms with Crippen molar-refractivity contribution in [2.45, 2.75) is 19.4 Å². The highest BCUT2D eigenvalue weighted by atomic mass is 16.5. The first-order valence-electron chi connectivity index (χ1n) is 12.2. The average Bonchev–Trinajstić information content (AvgIpc) is 3.62. The van der Waals surface area contributed by atoms with Crippen LogP contribution in [0.4, 0.5) is 4.79 Å². The second-order valence-electron chi connectivity index (χ2n) is 9.11. The van der Waals surface area contributed by atoms with Crippen molar-refractivity contribution in [1.29, 1.82) is 0 Å². The van der Waals surface area contributed by atoms with E-state index in [0.29, 0.717) is 18.7 Å². The molecule has 2 aliphatic heterocycles. The minimum Gasteiger partial charge on any atom is -0.496 e. The topological polar surface area (TPSA) is 70.9 Å². The first-order chi connectivity index (χ1) is 17.1. The van der Waals surface area contributed by atoms with E-state index in [2.05, 4.69) is 40.3 Å². The Morgan fingerprint density at radius 3 is 2.34 bits per heavy atom. The summed E-state index contributed by atoms with van der Waals surface area (Å²) in [6.07, 6.45) is 5.13. The molecular formula is C27H31N5O3. The summed E-state index contributed by atoms with van der Waals surface area (Å²) in [4.78, 5) is 31.5. The van der Waals surface area contributed by atoms with Gasteiger partial charge in [-0.2, -0.15) is 9.78 Å². The Balaban J connectivity index is 1.18. The third-order valence-corrected chi connectivity index (χ3v) is 6.85. The van der Waals surface area contributed by atoms with Crippen LogP contribution in [0.3, 0.4) is 0 Å². The molecule has 0 bridgehead atoms. The van der Waals surface area contributed by atoms with Gasteiger partial charge in [0.1, 0.15) is 5.75 Å². The number of amides is 2. The number of rotatable bonds is 5. The maximum Gasteiger partial charge on any atom is 0.344 e. The fourth-order valence-corrected chi connectivity index (χ4v) is 4.81. The number of ether oxygens (including phenoxy) is 1. The molecule has 8 nitrogen and oxygen atoms in total. The minimum atomic E-state index is -0.185. The van der Waals surface area contributed by atoms with Gasteiger partial charge in [-0.25, -0.2) is 4.79 Å². The van der Waals surface area contributed by atoms with E-state index in [1.807, 2.05) is 23.1 Å². The van der Waals surface area contributed by atoms with E-state index in [1.54, 1.807) is 18.2 Å². The van der Waals surface area contributed by atoms with Crippen LogP contribution in [0.1, 0.15) is 28.8 Å². The van der Waals surface area contributed by atoms with Gasteiger partial charge >= 0.3 is 6.03 Å². The largest absolute Gasteiger partial charge is 0.496 e. The highest BCUT2D eigenvalue weighted by Crippen LogP contribution is 2.28. The lowest BCUT2D eigenvalue weighted by atomic mass is 10.0. The molecule has 5 rings (SSSR count). The van der Waals surface area contributed by atoms with Gasteiger partial charge in [0.15, 0.2) is 0 Å². The molecular weight excluding hydrogens is 442 g/mol. The Morgan fingerprint density at radius 2 is 1.63 bits per heavy atom. The highest BCUT2D eigenvalue weighted by molar-refractivity contribution is 5.94. The summed E-state index contributed by atoms with van der Waals surface area (Å²) in [5.41, 5.74) is 3.89. The van der Waals surface area contributed by atoms with Gasteiger partial charge in [-0.15, -0.1) is 0 Å². The van der Waals surface area contributed by atoms with Gasteiger partial charge in [-0.1, -0.05) is 42.5 Å². The monoisotopic (exact) mass is 473 g/mol. The number of hydrogen-bond donors (Lipinski definition) is 0. The van der Waals surface area contributed by atoms with Crippen molar-refractivity contribution in [1.82, 2.24) is 24.5 Å². The number of nitrogens with zero attached hydrogens (tertiary/aromatic N) is 5. The SMILES string of the molecule is COc1cc(-c2ccccc2)ccc1CN1CCN(C(=O)n2cc(C(=O)N3CCCC3)cn2)CC1. The third-order valence-electron chi connectivity index (χ3n) is 6.85. The predicted molar refractivity (Wildman–Crippen MR) is 133 cm³/mol. The van der Waals surface area contributed by atoms with E-state index in [9.17, 15) is 9.59 Å². The van der Waals surface area contributed by atoms with Gasteiger partial charge in [-0.05, 0) is 30.0 Å². The summed E-state index contributed by atoms with van der Waals surface area (Å²) >= 11 is 0. The number of benzene rings is 2. The number of methoxy groups -OCH3 is 1. The van der Waals surface area contributed by atoms with Crippen molar-refractivity contribution in [3.63, 3.8) is 0 Å². The zero-order valence-corrected chi connectivity index (χ0v) is 20.1. The van der Waals surface area contributed by atoms with Gasteiger partial charge in [0.25, 0.3) is 5.91 Å². The van der Waals surface area contributed by atoms with Gasteiger partial charge < -0.3 is 14.5 Å². The molecule has 3 heterocycles. The number of hydrogen-bond acceptors (Lipinski definition) is 5. The maximum absolute atomic E-state index is 13.0. The fourth-order valence-electron chi connectivity index (χ4n) is 4.81. The van der Waals surface area contributed by atoms with E-state index in [-0.39, 0.29) is 11.9 Å². The molecule has 35 heavy (non-hydrogen) atoms. The van der Waals surface area contributed by atoms with Crippen molar-refractivity contribution in [2.75, 3.05) is 46.4 Å². The molecule has 3 aromatic rings. The number of carbonyl (C=O) groups is 2. The molecule has 2 aromatic carbocycles. The summed E-state index contributed by atoms with van der Waals surface area (Å²) in [5.74, 6) is 0.829. The Bertz CT molecular complexity index is 1180. The molecule has 0 spiro atoms. The Kier molecular flexibility index (Phi) is 6.81. The zero-order valence-electron chi connectivity index (χ0n) is 20.1. The van der Waals surface area contributed by atoms with Gasteiger partial charge in [-0.3, -0.25) is 9.69 Å². The van der Waals surface area contributed by atoms with Crippen LogP contribution in [0.25, 0.3) is 11.1 Å². The van der Waals surface area contributed by atoms with Gasteiger partial charge in [0, 0.05) is 57.6 Å². The zero-order chi connectivity index (χ0) is 24.2. The molecule has 0 aliphatic carbocycles. The molecule has 182 valence electrons. The number of carbonyl (C=O) groups excluding carboxylic acids is 2. The van der Waals surface area contributed by atoms with Crippen molar-refractivity contribution in [3.05, 3.63) is 72.1 Å². The first kappa shape index (κ1) is 23.1. The fraction of sp³-hybridized carbons (Fsp3) is 0.370. The van der Waals surface area contributed by atoms with E-state index in [0.717, 1.165) is 68.0 Å². The second-order valence-corrected chi connectivity index (χ2v) is 9.11. The van der Waals surface area contributed by atoms with Crippen molar-refractivity contribution in [2.24, 2.45) is 0 Å². The maximum atomic E-state index is 13.0. The quantitative estimate of drug-likeness (QED) is 0.567. The number of piperazine rings is 1. The lowest BCUT2D eigenvalue weighted by Crippen LogP contribution is -2.49. The predicted octanol–water partition coefficient (Wildman–Crippen LogP) is 3.58. The lowest BCUT2D eigenvalue weighted by molar-refractivity contribution is 0.0793. The van der Waals surface area contributed by atoms with Crippen molar-refractivity contribution in [3.8, 4) is 16.9 Å². The van der Waals surface area contributed by atoms with Crippen LogP contribution in [0, 0.1) is 0 Å². The molecule has 2 amide bonds. The van der Waals surface area contributed by atoms with Gasteiger partial charge in [0.2, 0.25) is 0 Å². The van der Waals surface area contributed by atoms with Crippen LogP contribution in [0.5, 0.6) is 5.75 Å². The van der Waals surface area contributed by atoms with Crippen molar-refractivity contribution < 1.29 is 14.3 Å². The lowest BCUT2D eigenvalue weighted by Gasteiger charge is -2.34. The normalized spacial score (nSPS) is 16.5. The third kappa shape index (κ3) is 5.07. The minimum absolute atomic E-state index is 0.0430. The molecule has 0 atom stereocenters. The average molecular weight is 474 g/mol. The summed E-state index contributed by atoms with van der Waals surface area (Å²) in [5, 5.41) is 4.17. The Morgan fingerprint density at radius 1 is 0.886 bits per heavy atom. The molecule has 2 saturated heterocycles. The first-order valence-corrected chi connectivity index (χ1v) is 12.2. The Labute approximate surface area is 205 Å². The highest BCUT2D eigenvalue weighted by Gasteiger charge is 2.26. The van der Waals surface area contributed by atoms with Crippen LogP contribution in [-0.2, 0) is 6.54 Å². The van der Waals surface area contributed by atoms with Crippen LogP contribution in [0.15, 0.2) is 60.9 Å². The molecule has 2 fully saturated rings. The molecule has 0 unspecified atom stereocenters. The molecule has 1 aromatic heterocycles. The molecule has 0 saturated carbocycles. The van der Waals surface area contributed by atoms with Crippen molar-refractivity contribution >= 4 is 11.9 Å². The summed E-state index contributed by atoms with van der Waals surface area (Å²) < 4.78 is 6.99. The van der Waals surface area contributed by atoms with Crippen LogP contribution in [0.2, 0.25) is 0 Å². The summed E-state index contributed by atoms with van der Waals surface area (Å²) in [7, 11) is 1.71. The van der Waals surface area contributed by atoms with Crippen LogP contribution in [-0.4, -0.2) is 82.8 Å². The van der Waals surface area contributed by atoms with E-state index >= 15 is 0 Å². The molecule has 2 aliphatic rings. The number of aromatic nitrogens is 2. The smallest absolute Gasteiger partial charge is 0.344 e. The van der Waals surface area contributed by atoms with E-state index in [4.69, 9.17) is 4.74 Å². The molecule has 0 radical (unpaired) electrons. The van der Waals surface area contributed by atoms with Gasteiger partial charge in [0.05, 0.1) is 18.9 Å². The van der Waals surface area contributed by atoms with E-state index < -0.39 is 0 Å². The standard InChI is InChI=1S/C27H31N5O3/c1-35-25-17-22(21-7-3-2-4-8-21)9-10-23(25)19-29-13-15-31(16-14-29)27(34)32-20-24(18-28-32)26(33)30-11-5-6-12-30/h2-4,7-10,17-18,20H,5-6,11-16,19H2,1H3. The second kappa shape index (κ2) is 10.3. The van der Waals surface area contributed by atoms with E-state index in [1.165, 1.54) is 10.9 Å². The molecule has 8 heteroatoms.